The zero-order valence-corrected chi connectivity index (χ0v) is 12.5. The van der Waals surface area contributed by atoms with E-state index in [2.05, 4.69) is 6.58 Å². The van der Waals surface area contributed by atoms with Gasteiger partial charge in [-0.25, -0.2) is 0 Å². The lowest BCUT2D eigenvalue weighted by Gasteiger charge is -2.40. The largest absolute Gasteiger partial charge is 0.377 e. The molecule has 1 saturated carbocycles. The number of carbonyl (C=O) groups is 1. The third-order valence-corrected chi connectivity index (χ3v) is 4.78. The summed E-state index contributed by atoms with van der Waals surface area (Å²) in [6.45, 7) is 6.96. The minimum atomic E-state index is -0.222. The van der Waals surface area contributed by atoms with Gasteiger partial charge in [0.2, 0.25) is 0 Å². The van der Waals surface area contributed by atoms with Crippen molar-refractivity contribution in [3.05, 3.63) is 12.7 Å². The number of amides is 1. The van der Waals surface area contributed by atoms with Crippen molar-refractivity contribution in [1.29, 1.82) is 0 Å². The smallest absolute Gasteiger partial charge is 0.252 e. The van der Waals surface area contributed by atoms with Crippen LogP contribution >= 0.6 is 0 Å². The van der Waals surface area contributed by atoms with Crippen molar-refractivity contribution < 1.29 is 19.0 Å². The van der Waals surface area contributed by atoms with Gasteiger partial charge in [-0.05, 0) is 25.7 Å². The first-order valence-electron chi connectivity index (χ1n) is 8.03. The van der Waals surface area contributed by atoms with E-state index >= 15 is 0 Å². The summed E-state index contributed by atoms with van der Waals surface area (Å²) < 4.78 is 17.1. The molecule has 0 N–H and O–H groups in total. The van der Waals surface area contributed by atoms with Crippen LogP contribution in [0.15, 0.2) is 12.7 Å². The van der Waals surface area contributed by atoms with Crippen molar-refractivity contribution in [1.82, 2.24) is 4.90 Å². The first-order valence-corrected chi connectivity index (χ1v) is 8.03. The van der Waals surface area contributed by atoms with Crippen LogP contribution < -0.4 is 0 Å². The molecule has 5 nitrogen and oxygen atoms in total. The molecule has 0 aromatic carbocycles. The average molecular weight is 295 g/mol. The Hall–Kier alpha value is -0.910. The Kier molecular flexibility index (Phi) is 4.93. The van der Waals surface area contributed by atoms with E-state index in [4.69, 9.17) is 14.2 Å². The molecule has 5 heteroatoms. The Morgan fingerprint density at radius 1 is 1.29 bits per heavy atom. The summed E-state index contributed by atoms with van der Waals surface area (Å²) in [5, 5.41) is 0. The third-order valence-electron chi connectivity index (χ3n) is 4.78. The quantitative estimate of drug-likeness (QED) is 0.568. The highest BCUT2D eigenvalue weighted by Gasteiger charge is 2.45. The van der Waals surface area contributed by atoms with Crippen LogP contribution in [-0.2, 0) is 19.0 Å². The van der Waals surface area contributed by atoms with Crippen molar-refractivity contribution in [3.8, 4) is 0 Å². The van der Waals surface area contributed by atoms with E-state index < -0.39 is 0 Å². The van der Waals surface area contributed by atoms with Gasteiger partial charge in [0.05, 0.1) is 32.0 Å². The second-order valence-corrected chi connectivity index (χ2v) is 6.10. The topological polar surface area (TPSA) is 48.0 Å². The number of fused-ring (bicyclic) bond motifs is 1. The van der Waals surface area contributed by atoms with Crippen LogP contribution in [0, 0.1) is 5.92 Å². The van der Waals surface area contributed by atoms with Gasteiger partial charge in [0.1, 0.15) is 6.10 Å². The Morgan fingerprint density at radius 2 is 2.19 bits per heavy atom. The lowest BCUT2D eigenvalue weighted by atomic mass is 10.0. The summed E-state index contributed by atoms with van der Waals surface area (Å²) >= 11 is 0. The van der Waals surface area contributed by atoms with E-state index in [1.54, 1.807) is 6.08 Å². The van der Waals surface area contributed by atoms with Gasteiger partial charge in [-0.3, -0.25) is 4.79 Å². The molecule has 4 atom stereocenters. The second kappa shape index (κ2) is 6.90. The van der Waals surface area contributed by atoms with Crippen LogP contribution in [0.4, 0.5) is 0 Å². The van der Waals surface area contributed by atoms with Gasteiger partial charge >= 0.3 is 0 Å². The SMILES string of the molecule is C=CCOC[C@@H]1CC[C@@H]2[C@@H]1OCCN2C(=O)[C@H]1CCCO1. The Labute approximate surface area is 126 Å². The fourth-order valence-electron chi connectivity index (χ4n) is 3.77. The highest BCUT2D eigenvalue weighted by Crippen LogP contribution is 2.35. The summed E-state index contributed by atoms with van der Waals surface area (Å²) in [6, 6.07) is 0.202. The molecule has 0 aromatic rings. The van der Waals surface area contributed by atoms with Crippen LogP contribution in [0.25, 0.3) is 0 Å². The molecular formula is C16H25NO4. The predicted octanol–water partition coefficient (Wildman–Crippen LogP) is 1.37. The zero-order valence-electron chi connectivity index (χ0n) is 12.5. The fourth-order valence-corrected chi connectivity index (χ4v) is 3.77. The molecule has 0 bridgehead atoms. The molecule has 1 amide bonds. The van der Waals surface area contributed by atoms with Crippen molar-refractivity contribution in [2.24, 2.45) is 5.92 Å². The van der Waals surface area contributed by atoms with Gasteiger partial charge in [0, 0.05) is 19.1 Å². The Balaban J connectivity index is 1.60. The zero-order chi connectivity index (χ0) is 14.7. The highest BCUT2D eigenvalue weighted by atomic mass is 16.5. The van der Waals surface area contributed by atoms with E-state index in [9.17, 15) is 4.79 Å². The summed E-state index contributed by atoms with van der Waals surface area (Å²) in [5.74, 6) is 0.550. The molecule has 118 valence electrons. The Morgan fingerprint density at radius 3 is 2.95 bits per heavy atom. The minimum absolute atomic E-state index is 0.119. The van der Waals surface area contributed by atoms with Gasteiger partial charge in [-0.15, -0.1) is 6.58 Å². The predicted molar refractivity (Wildman–Crippen MR) is 78.0 cm³/mol. The maximum atomic E-state index is 12.6. The molecule has 3 fully saturated rings. The molecule has 21 heavy (non-hydrogen) atoms. The van der Waals surface area contributed by atoms with E-state index in [0.29, 0.717) is 38.9 Å². The summed E-state index contributed by atoms with van der Waals surface area (Å²) in [6.07, 6.45) is 5.58. The van der Waals surface area contributed by atoms with Crippen molar-refractivity contribution >= 4 is 5.91 Å². The van der Waals surface area contributed by atoms with Gasteiger partial charge in [0.15, 0.2) is 0 Å². The fraction of sp³-hybridized carbons (Fsp3) is 0.812. The molecule has 0 spiro atoms. The van der Waals surface area contributed by atoms with Crippen LogP contribution in [-0.4, -0.2) is 62.0 Å². The molecule has 0 radical (unpaired) electrons. The number of nitrogens with zero attached hydrogens (tertiary/aromatic N) is 1. The van der Waals surface area contributed by atoms with E-state index in [0.717, 1.165) is 25.7 Å². The summed E-state index contributed by atoms with van der Waals surface area (Å²) in [4.78, 5) is 14.6. The van der Waals surface area contributed by atoms with Crippen LogP contribution in [0.1, 0.15) is 25.7 Å². The van der Waals surface area contributed by atoms with Gasteiger partial charge in [-0.2, -0.15) is 0 Å². The molecular weight excluding hydrogens is 270 g/mol. The number of carbonyl (C=O) groups excluding carboxylic acids is 1. The van der Waals surface area contributed by atoms with Crippen LogP contribution in [0.5, 0.6) is 0 Å². The Bertz CT molecular complexity index is 380. The number of hydrogen-bond acceptors (Lipinski definition) is 4. The number of hydrogen-bond donors (Lipinski definition) is 0. The van der Waals surface area contributed by atoms with Crippen molar-refractivity contribution in [2.45, 2.75) is 43.9 Å². The molecule has 2 saturated heterocycles. The van der Waals surface area contributed by atoms with Gasteiger partial charge in [-0.1, -0.05) is 6.08 Å². The number of rotatable bonds is 5. The van der Waals surface area contributed by atoms with E-state index in [1.165, 1.54) is 0 Å². The first kappa shape index (κ1) is 15.0. The lowest BCUT2D eigenvalue weighted by molar-refractivity contribution is -0.156. The molecule has 2 aliphatic heterocycles. The van der Waals surface area contributed by atoms with Crippen molar-refractivity contribution in [3.63, 3.8) is 0 Å². The number of ether oxygens (including phenoxy) is 3. The summed E-state index contributed by atoms with van der Waals surface area (Å²) in [7, 11) is 0. The standard InChI is InChI=1S/C16H25NO4/c1-2-8-19-11-12-5-6-13-15(12)21-10-7-17(13)16(18)14-4-3-9-20-14/h2,12-15H,1,3-11H2/t12-,13+,14+,15+/m0/s1. The average Bonchev–Trinajstić information content (AvgIpc) is 3.16. The molecule has 3 aliphatic rings. The lowest BCUT2D eigenvalue weighted by Crippen LogP contribution is -2.55. The highest BCUT2D eigenvalue weighted by molar-refractivity contribution is 5.81. The van der Waals surface area contributed by atoms with E-state index in [-0.39, 0.29) is 24.2 Å². The molecule has 2 heterocycles. The summed E-state index contributed by atoms with van der Waals surface area (Å²) in [5.41, 5.74) is 0. The molecule has 0 unspecified atom stereocenters. The molecule has 0 aromatic heterocycles. The van der Waals surface area contributed by atoms with Gasteiger partial charge in [0.25, 0.3) is 5.91 Å². The third kappa shape index (κ3) is 3.15. The minimum Gasteiger partial charge on any atom is -0.377 e. The van der Waals surface area contributed by atoms with Crippen LogP contribution in [0.3, 0.4) is 0 Å². The number of morpholine rings is 1. The monoisotopic (exact) mass is 295 g/mol. The molecule has 3 rings (SSSR count). The first-order chi connectivity index (χ1) is 10.3. The maximum absolute atomic E-state index is 12.6. The molecule has 1 aliphatic carbocycles. The van der Waals surface area contributed by atoms with E-state index in [1.807, 2.05) is 4.90 Å². The normalized spacial score (nSPS) is 35.7. The van der Waals surface area contributed by atoms with Gasteiger partial charge < -0.3 is 19.1 Å². The maximum Gasteiger partial charge on any atom is 0.252 e. The second-order valence-electron chi connectivity index (χ2n) is 6.10. The van der Waals surface area contributed by atoms with Crippen LogP contribution in [0.2, 0.25) is 0 Å². The van der Waals surface area contributed by atoms with Crippen molar-refractivity contribution in [2.75, 3.05) is 33.0 Å².